The molecule has 3 aromatic rings. The minimum atomic E-state index is -0.0750. The molecule has 0 aliphatic heterocycles. The van der Waals surface area contributed by atoms with E-state index in [1.165, 1.54) is 11.8 Å². The molecule has 0 bridgehead atoms. The summed E-state index contributed by atoms with van der Waals surface area (Å²) in [5.41, 5.74) is 1.62. The van der Waals surface area contributed by atoms with E-state index in [1.54, 1.807) is 23.3 Å². The number of carbonyl (C=O) groups is 1. The van der Waals surface area contributed by atoms with Gasteiger partial charge in [0.2, 0.25) is 5.91 Å². The molecule has 26 heavy (non-hydrogen) atoms. The summed E-state index contributed by atoms with van der Waals surface area (Å²) in [6.45, 7) is 0.329. The quantitative estimate of drug-likeness (QED) is 0.568. The van der Waals surface area contributed by atoms with Crippen molar-refractivity contribution in [3.8, 4) is 11.8 Å². The first-order valence-corrected chi connectivity index (χ1v) is 9.82. The number of anilines is 1. The molecular weight excluding hydrogens is 366 g/mol. The molecule has 1 heterocycles. The number of aromatic nitrogens is 1. The van der Waals surface area contributed by atoms with Crippen LogP contribution in [0.25, 0.3) is 10.2 Å². The highest BCUT2D eigenvalue weighted by Gasteiger charge is 2.19. The summed E-state index contributed by atoms with van der Waals surface area (Å²) in [5.74, 6) is 0.793. The largest absolute Gasteiger partial charge is 0.495 e. The maximum Gasteiger partial charge on any atom is 0.237 e. The highest BCUT2D eigenvalue weighted by molar-refractivity contribution is 8.01. The number of thiazole rings is 1. The normalized spacial score (nSPS) is 10.5. The number of ether oxygens (including phenoxy) is 1. The number of fused-ring (bicyclic) bond motifs is 1. The molecule has 0 fully saturated rings. The number of nitriles is 1. The van der Waals surface area contributed by atoms with Crippen LogP contribution in [0, 0.1) is 11.3 Å². The summed E-state index contributed by atoms with van der Waals surface area (Å²) in [5, 5.41) is 8.93. The first kappa shape index (κ1) is 18.2. The topological polar surface area (TPSA) is 66.2 Å². The van der Waals surface area contributed by atoms with Crippen LogP contribution in [-0.2, 0) is 4.79 Å². The number of carbonyl (C=O) groups excluding carboxylic acids is 1. The van der Waals surface area contributed by atoms with Crippen LogP contribution in [0.3, 0.4) is 0 Å². The lowest BCUT2D eigenvalue weighted by atomic mass is 10.2. The molecule has 2 aromatic carbocycles. The number of methoxy groups -OCH3 is 1. The van der Waals surface area contributed by atoms with Crippen LogP contribution < -0.4 is 9.64 Å². The number of hydrogen-bond donors (Lipinski definition) is 0. The van der Waals surface area contributed by atoms with Crippen molar-refractivity contribution in [1.82, 2.24) is 4.98 Å². The van der Waals surface area contributed by atoms with E-state index in [-0.39, 0.29) is 18.1 Å². The molecule has 132 valence electrons. The fourth-order valence-corrected chi connectivity index (χ4v) is 4.45. The molecule has 7 heteroatoms. The molecule has 0 unspecified atom stereocenters. The maximum absolute atomic E-state index is 12.8. The van der Waals surface area contributed by atoms with Crippen LogP contribution in [0.2, 0.25) is 0 Å². The minimum absolute atomic E-state index is 0.0750. The van der Waals surface area contributed by atoms with Crippen molar-refractivity contribution in [2.24, 2.45) is 0 Å². The van der Waals surface area contributed by atoms with E-state index < -0.39 is 0 Å². The van der Waals surface area contributed by atoms with E-state index in [0.29, 0.717) is 18.0 Å². The fourth-order valence-electron chi connectivity index (χ4n) is 2.51. The summed E-state index contributed by atoms with van der Waals surface area (Å²) in [6.07, 6.45) is 0.260. The Hall–Kier alpha value is -2.56. The van der Waals surface area contributed by atoms with Crippen molar-refractivity contribution in [2.45, 2.75) is 10.8 Å². The van der Waals surface area contributed by atoms with E-state index in [4.69, 9.17) is 10.00 Å². The van der Waals surface area contributed by atoms with Gasteiger partial charge < -0.3 is 9.64 Å². The predicted molar refractivity (Wildman–Crippen MR) is 106 cm³/mol. The monoisotopic (exact) mass is 383 g/mol. The van der Waals surface area contributed by atoms with Gasteiger partial charge >= 0.3 is 0 Å². The molecule has 0 saturated heterocycles. The van der Waals surface area contributed by atoms with Crippen molar-refractivity contribution in [1.29, 1.82) is 5.26 Å². The molecule has 0 aliphatic carbocycles. The van der Waals surface area contributed by atoms with Crippen molar-refractivity contribution >= 4 is 44.9 Å². The van der Waals surface area contributed by atoms with Gasteiger partial charge in [0.25, 0.3) is 0 Å². The Kier molecular flexibility index (Phi) is 6.10. The summed E-state index contributed by atoms with van der Waals surface area (Å²) in [6, 6.07) is 17.4. The van der Waals surface area contributed by atoms with Crippen LogP contribution in [0.1, 0.15) is 6.42 Å². The molecule has 0 spiro atoms. The first-order chi connectivity index (χ1) is 12.7. The van der Waals surface area contributed by atoms with E-state index >= 15 is 0 Å². The van der Waals surface area contributed by atoms with Gasteiger partial charge in [0.1, 0.15) is 5.75 Å². The maximum atomic E-state index is 12.8. The number of benzene rings is 2. The van der Waals surface area contributed by atoms with Gasteiger partial charge in [-0.3, -0.25) is 4.79 Å². The molecule has 3 rings (SSSR count). The molecule has 0 saturated carbocycles. The predicted octanol–water partition coefficient (Wildman–Crippen LogP) is 4.34. The van der Waals surface area contributed by atoms with Crippen LogP contribution in [0.5, 0.6) is 5.75 Å². The van der Waals surface area contributed by atoms with Gasteiger partial charge in [-0.2, -0.15) is 5.26 Å². The Morgan fingerprint density at radius 2 is 2.04 bits per heavy atom. The summed E-state index contributed by atoms with van der Waals surface area (Å²) < 4.78 is 7.33. The molecule has 5 nitrogen and oxygen atoms in total. The minimum Gasteiger partial charge on any atom is -0.495 e. The van der Waals surface area contributed by atoms with E-state index in [0.717, 1.165) is 14.6 Å². The molecule has 1 aromatic heterocycles. The molecule has 0 atom stereocenters. The number of thioether (sulfide) groups is 1. The molecule has 0 aliphatic rings. The first-order valence-electron chi connectivity index (χ1n) is 8.01. The van der Waals surface area contributed by atoms with Gasteiger partial charge in [0.05, 0.1) is 41.3 Å². The number of para-hydroxylation sites is 3. The van der Waals surface area contributed by atoms with E-state index in [9.17, 15) is 4.79 Å². The summed E-state index contributed by atoms with van der Waals surface area (Å²) >= 11 is 2.99. The van der Waals surface area contributed by atoms with Gasteiger partial charge in [-0.05, 0) is 24.3 Å². The van der Waals surface area contributed by atoms with Crippen molar-refractivity contribution in [3.63, 3.8) is 0 Å². The lowest BCUT2D eigenvalue weighted by Crippen LogP contribution is -2.33. The Morgan fingerprint density at radius 3 is 2.81 bits per heavy atom. The summed E-state index contributed by atoms with van der Waals surface area (Å²) in [4.78, 5) is 19.0. The fraction of sp³-hybridized carbons (Fsp3) is 0.211. The Balaban J connectivity index is 1.76. The van der Waals surface area contributed by atoms with Crippen molar-refractivity contribution in [3.05, 3.63) is 48.5 Å². The lowest BCUT2D eigenvalue weighted by Gasteiger charge is -2.23. The second-order valence-electron chi connectivity index (χ2n) is 5.36. The highest BCUT2D eigenvalue weighted by atomic mass is 32.2. The molecule has 0 radical (unpaired) electrons. The van der Waals surface area contributed by atoms with Crippen LogP contribution in [0.15, 0.2) is 52.9 Å². The second-order valence-corrected chi connectivity index (χ2v) is 7.61. The van der Waals surface area contributed by atoms with Crippen LogP contribution in [0.4, 0.5) is 5.69 Å². The highest BCUT2D eigenvalue weighted by Crippen LogP contribution is 2.31. The smallest absolute Gasteiger partial charge is 0.237 e. The lowest BCUT2D eigenvalue weighted by molar-refractivity contribution is -0.116. The number of hydrogen-bond acceptors (Lipinski definition) is 6. The zero-order valence-electron chi connectivity index (χ0n) is 14.2. The molecule has 1 amide bonds. The molecular formula is C19H17N3O2S2. The number of nitrogens with zero attached hydrogens (tertiary/aromatic N) is 3. The zero-order chi connectivity index (χ0) is 18.4. The van der Waals surface area contributed by atoms with Crippen molar-refractivity contribution < 1.29 is 9.53 Å². The average molecular weight is 383 g/mol. The second kappa shape index (κ2) is 8.70. The van der Waals surface area contributed by atoms with Gasteiger partial charge in [0.15, 0.2) is 4.34 Å². The number of rotatable bonds is 7. The third-order valence-electron chi connectivity index (χ3n) is 3.72. The van der Waals surface area contributed by atoms with Crippen LogP contribution in [-0.4, -0.2) is 30.3 Å². The van der Waals surface area contributed by atoms with Gasteiger partial charge in [-0.25, -0.2) is 4.98 Å². The van der Waals surface area contributed by atoms with Crippen molar-refractivity contribution in [2.75, 3.05) is 24.3 Å². The van der Waals surface area contributed by atoms with Gasteiger partial charge in [-0.1, -0.05) is 36.0 Å². The van der Waals surface area contributed by atoms with Gasteiger partial charge in [0, 0.05) is 6.54 Å². The zero-order valence-corrected chi connectivity index (χ0v) is 15.8. The summed E-state index contributed by atoms with van der Waals surface area (Å²) in [7, 11) is 1.57. The third kappa shape index (κ3) is 4.15. The van der Waals surface area contributed by atoms with E-state index in [2.05, 4.69) is 11.1 Å². The van der Waals surface area contributed by atoms with Crippen LogP contribution >= 0.6 is 23.1 Å². The SMILES string of the molecule is COc1ccccc1N(CCC#N)C(=O)CSc1nc2ccccc2s1. The Bertz CT molecular complexity index is 916. The number of amides is 1. The standard InChI is InChI=1S/C19H17N3O2S2/c1-24-16-9-4-3-8-15(16)22(12-6-11-20)18(23)13-25-19-21-14-7-2-5-10-17(14)26-19/h2-5,7-10H,6,12-13H2,1H3. The third-order valence-corrected chi connectivity index (χ3v) is 5.88. The van der Waals surface area contributed by atoms with Gasteiger partial charge in [-0.15, -0.1) is 11.3 Å². The molecule has 0 N–H and O–H groups in total. The Morgan fingerprint density at radius 1 is 1.27 bits per heavy atom. The van der Waals surface area contributed by atoms with E-state index in [1.807, 2.05) is 48.5 Å². The average Bonchev–Trinajstić information content (AvgIpc) is 3.10. The Labute approximate surface area is 160 Å².